The number of hydrogen-bond donors (Lipinski definition) is 1. The molecule has 0 aliphatic carbocycles. The molecule has 2 aliphatic rings. The molecule has 2 aromatic rings. The van der Waals surface area contributed by atoms with Gasteiger partial charge in [0.15, 0.2) is 0 Å². The van der Waals surface area contributed by atoms with Crippen molar-refractivity contribution in [1.82, 2.24) is 9.62 Å². The standard InChI is InChI=1S/C22H25ClN2O5S/c1-29-19-3-5-20(6-4-19)31(27,28)25-10-8-18(9-11-25)24-22(26)16-12-15-13-17(23)2-7-21(15)30-14-16/h2-7,13,16,18H,8-12,14H2,1H3,(H,24,26)/t16-/m1/s1. The van der Waals surface area contributed by atoms with Gasteiger partial charge >= 0.3 is 0 Å². The summed E-state index contributed by atoms with van der Waals surface area (Å²) in [5, 5.41) is 3.69. The van der Waals surface area contributed by atoms with Crippen LogP contribution in [-0.2, 0) is 21.2 Å². The normalized spacial score (nSPS) is 19.9. The molecule has 0 saturated carbocycles. The quantitative estimate of drug-likeness (QED) is 0.735. The second-order valence-electron chi connectivity index (χ2n) is 7.83. The van der Waals surface area contributed by atoms with E-state index in [4.69, 9.17) is 21.1 Å². The fourth-order valence-corrected chi connectivity index (χ4v) is 5.65. The van der Waals surface area contributed by atoms with E-state index >= 15 is 0 Å². The molecule has 9 heteroatoms. The van der Waals surface area contributed by atoms with Crippen molar-refractivity contribution in [2.75, 3.05) is 26.8 Å². The van der Waals surface area contributed by atoms with Crippen LogP contribution in [0.4, 0.5) is 0 Å². The maximum absolute atomic E-state index is 12.9. The summed E-state index contributed by atoms with van der Waals surface area (Å²) in [7, 11) is -2.03. The number of fused-ring (bicyclic) bond motifs is 1. The summed E-state index contributed by atoms with van der Waals surface area (Å²) in [6.45, 7) is 1.04. The van der Waals surface area contributed by atoms with Crippen molar-refractivity contribution in [3.63, 3.8) is 0 Å². The van der Waals surface area contributed by atoms with Crippen molar-refractivity contribution in [3.8, 4) is 11.5 Å². The molecular weight excluding hydrogens is 440 g/mol. The third kappa shape index (κ3) is 4.81. The fraction of sp³-hybridized carbons (Fsp3) is 0.409. The van der Waals surface area contributed by atoms with E-state index in [9.17, 15) is 13.2 Å². The Balaban J connectivity index is 1.32. The molecule has 4 rings (SSSR count). The van der Waals surface area contributed by atoms with Gasteiger partial charge in [-0.25, -0.2) is 8.42 Å². The zero-order valence-electron chi connectivity index (χ0n) is 17.2. The lowest BCUT2D eigenvalue weighted by molar-refractivity contribution is -0.127. The Morgan fingerprint density at radius 3 is 2.55 bits per heavy atom. The maximum Gasteiger partial charge on any atom is 0.243 e. The Kier molecular flexibility index (Phi) is 6.41. The third-order valence-electron chi connectivity index (χ3n) is 5.80. The van der Waals surface area contributed by atoms with Crippen LogP contribution in [0.25, 0.3) is 0 Å². The molecule has 1 saturated heterocycles. The second-order valence-corrected chi connectivity index (χ2v) is 10.2. The van der Waals surface area contributed by atoms with Crippen LogP contribution in [0.15, 0.2) is 47.4 Å². The second kappa shape index (κ2) is 9.06. The molecule has 1 amide bonds. The minimum atomic E-state index is -3.56. The summed E-state index contributed by atoms with van der Waals surface area (Å²) in [5.41, 5.74) is 0.930. The molecule has 0 bridgehead atoms. The summed E-state index contributed by atoms with van der Waals surface area (Å²) in [4.78, 5) is 13.0. The molecule has 166 valence electrons. The van der Waals surface area contributed by atoms with Crippen molar-refractivity contribution in [1.29, 1.82) is 0 Å². The van der Waals surface area contributed by atoms with Gasteiger partial charge in [-0.15, -0.1) is 0 Å². The average molecular weight is 465 g/mol. The van der Waals surface area contributed by atoms with Crippen molar-refractivity contribution in [2.24, 2.45) is 5.92 Å². The number of methoxy groups -OCH3 is 1. The number of carbonyl (C=O) groups is 1. The number of halogens is 1. The molecule has 2 aromatic carbocycles. The number of carbonyl (C=O) groups excluding carboxylic acids is 1. The van der Waals surface area contributed by atoms with Crippen LogP contribution in [0.3, 0.4) is 0 Å². The van der Waals surface area contributed by atoms with Crippen LogP contribution in [-0.4, -0.2) is 51.5 Å². The van der Waals surface area contributed by atoms with E-state index in [1.54, 1.807) is 30.3 Å². The molecular formula is C22H25ClN2O5S. The number of amides is 1. The number of nitrogens with one attached hydrogen (secondary N) is 1. The minimum absolute atomic E-state index is 0.0597. The smallest absolute Gasteiger partial charge is 0.243 e. The number of hydrogen-bond acceptors (Lipinski definition) is 5. The Bertz CT molecular complexity index is 1050. The highest BCUT2D eigenvalue weighted by atomic mass is 35.5. The van der Waals surface area contributed by atoms with Crippen LogP contribution < -0.4 is 14.8 Å². The number of rotatable bonds is 5. The molecule has 1 atom stereocenters. The van der Waals surface area contributed by atoms with E-state index in [-0.39, 0.29) is 22.8 Å². The number of sulfonamides is 1. The summed E-state index contributed by atoms with van der Waals surface area (Å²) >= 11 is 6.05. The van der Waals surface area contributed by atoms with Crippen LogP contribution >= 0.6 is 11.6 Å². The maximum atomic E-state index is 12.9. The number of piperidine rings is 1. The van der Waals surface area contributed by atoms with Gasteiger partial charge in [0.25, 0.3) is 0 Å². The van der Waals surface area contributed by atoms with E-state index < -0.39 is 10.0 Å². The zero-order valence-corrected chi connectivity index (χ0v) is 18.8. The minimum Gasteiger partial charge on any atom is -0.497 e. The summed E-state index contributed by atoms with van der Waals surface area (Å²) in [5.74, 6) is 1.02. The van der Waals surface area contributed by atoms with Gasteiger partial charge in [-0.2, -0.15) is 4.31 Å². The average Bonchev–Trinajstić information content (AvgIpc) is 2.79. The highest BCUT2D eigenvalue weighted by molar-refractivity contribution is 7.89. The molecule has 2 heterocycles. The van der Waals surface area contributed by atoms with Crippen LogP contribution in [0.2, 0.25) is 5.02 Å². The third-order valence-corrected chi connectivity index (χ3v) is 7.95. The van der Waals surface area contributed by atoms with E-state index in [0.29, 0.717) is 49.7 Å². The van der Waals surface area contributed by atoms with E-state index in [1.807, 2.05) is 12.1 Å². The van der Waals surface area contributed by atoms with Crippen molar-refractivity contribution >= 4 is 27.5 Å². The molecule has 0 spiro atoms. The van der Waals surface area contributed by atoms with Crippen molar-refractivity contribution in [2.45, 2.75) is 30.2 Å². The molecule has 0 radical (unpaired) electrons. The molecule has 0 aromatic heterocycles. The van der Waals surface area contributed by atoms with Gasteiger partial charge in [-0.1, -0.05) is 11.6 Å². The first-order valence-electron chi connectivity index (χ1n) is 10.2. The Morgan fingerprint density at radius 1 is 1.16 bits per heavy atom. The highest BCUT2D eigenvalue weighted by Gasteiger charge is 2.32. The van der Waals surface area contributed by atoms with Gasteiger partial charge in [0.1, 0.15) is 18.1 Å². The number of ether oxygens (including phenoxy) is 2. The molecule has 31 heavy (non-hydrogen) atoms. The van der Waals surface area contributed by atoms with Crippen molar-refractivity contribution < 1.29 is 22.7 Å². The lowest BCUT2D eigenvalue weighted by Crippen LogP contribution is -2.49. The number of benzene rings is 2. The predicted molar refractivity (Wildman–Crippen MR) is 117 cm³/mol. The molecule has 1 N–H and O–H groups in total. The van der Waals surface area contributed by atoms with Crippen LogP contribution in [0.5, 0.6) is 11.5 Å². The summed E-state index contributed by atoms with van der Waals surface area (Å²) in [6.07, 6.45) is 1.71. The molecule has 2 aliphatic heterocycles. The monoisotopic (exact) mass is 464 g/mol. The van der Waals surface area contributed by atoms with Crippen LogP contribution in [0, 0.1) is 5.92 Å². The lowest BCUT2D eigenvalue weighted by Gasteiger charge is -2.33. The molecule has 7 nitrogen and oxygen atoms in total. The number of nitrogens with zero attached hydrogens (tertiary/aromatic N) is 1. The molecule has 1 fully saturated rings. The van der Waals surface area contributed by atoms with Gasteiger partial charge in [-0.05, 0) is 67.3 Å². The largest absolute Gasteiger partial charge is 0.497 e. The SMILES string of the molecule is COc1ccc(S(=O)(=O)N2CCC(NC(=O)[C@H]3COc4ccc(Cl)cc4C3)CC2)cc1. The van der Waals surface area contributed by atoms with Gasteiger partial charge < -0.3 is 14.8 Å². The zero-order chi connectivity index (χ0) is 22.0. The van der Waals surface area contributed by atoms with E-state index in [1.165, 1.54) is 11.4 Å². The van der Waals surface area contributed by atoms with E-state index in [2.05, 4.69) is 5.32 Å². The van der Waals surface area contributed by atoms with Crippen LogP contribution in [0.1, 0.15) is 18.4 Å². The molecule has 0 unspecified atom stereocenters. The predicted octanol–water partition coefficient (Wildman–Crippen LogP) is 2.87. The summed E-state index contributed by atoms with van der Waals surface area (Å²) < 4.78 is 38.0. The lowest BCUT2D eigenvalue weighted by atomic mass is 9.95. The first kappa shape index (κ1) is 21.9. The van der Waals surface area contributed by atoms with Gasteiger partial charge in [-0.3, -0.25) is 4.79 Å². The van der Waals surface area contributed by atoms with Gasteiger partial charge in [0.05, 0.1) is 17.9 Å². The first-order valence-corrected chi connectivity index (χ1v) is 12.0. The Hall–Kier alpha value is -2.29. The van der Waals surface area contributed by atoms with Crippen molar-refractivity contribution in [3.05, 3.63) is 53.1 Å². The fourth-order valence-electron chi connectivity index (χ4n) is 3.99. The van der Waals surface area contributed by atoms with E-state index in [0.717, 1.165) is 11.3 Å². The van der Waals surface area contributed by atoms with Gasteiger partial charge in [0, 0.05) is 24.2 Å². The Morgan fingerprint density at radius 2 is 1.87 bits per heavy atom. The topological polar surface area (TPSA) is 84.9 Å². The Labute approximate surface area is 187 Å². The first-order chi connectivity index (χ1) is 14.9. The summed E-state index contributed by atoms with van der Waals surface area (Å²) in [6, 6.07) is 11.7. The highest BCUT2D eigenvalue weighted by Crippen LogP contribution is 2.30. The van der Waals surface area contributed by atoms with Gasteiger partial charge in [0.2, 0.25) is 15.9 Å².